The molecule has 0 aliphatic rings. The average Bonchev–Trinajstić information content (AvgIpc) is 2.82. The Bertz CT molecular complexity index is 606. The molecule has 19 heavy (non-hydrogen) atoms. The van der Waals surface area contributed by atoms with Crippen LogP contribution in [0.5, 0.6) is 0 Å². The summed E-state index contributed by atoms with van der Waals surface area (Å²) in [5.74, 6) is -0.527. The van der Waals surface area contributed by atoms with Crippen LogP contribution in [0.2, 0.25) is 0 Å². The van der Waals surface area contributed by atoms with Gasteiger partial charge in [-0.05, 0) is 19.1 Å². The summed E-state index contributed by atoms with van der Waals surface area (Å²) in [7, 11) is 0. The van der Waals surface area contributed by atoms with E-state index in [9.17, 15) is 14.9 Å². The normalized spacial score (nSPS) is 10.2. The number of benzene rings is 1. The largest absolute Gasteiger partial charge is 0.456 e. The van der Waals surface area contributed by atoms with E-state index in [0.29, 0.717) is 5.69 Å². The number of carbonyl (C=O) groups is 1. The van der Waals surface area contributed by atoms with Crippen molar-refractivity contribution in [3.63, 3.8) is 0 Å². The van der Waals surface area contributed by atoms with Gasteiger partial charge in [-0.2, -0.15) is 0 Å². The number of non-ortho nitro benzene ring substituents is 1. The van der Waals surface area contributed by atoms with Gasteiger partial charge in [-0.3, -0.25) is 10.1 Å². The first kappa shape index (κ1) is 13.2. The van der Waals surface area contributed by atoms with Crippen molar-refractivity contribution in [1.82, 2.24) is 4.98 Å². The molecular formula is C12H10N2O4S. The number of nitro benzene ring substituents is 1. The quantitative estimate of drug-likeness (QED) is 0.488. The Morgan fingerprint density at radius 2 is 2.11 bits per heavy atom. The molecule has 2 rings (SSSR count). The fourth-order valence-corrected chi connectivity index (χ4v) is 2.01. The molecule has 1 aromatic heterocycles. The maximum absolute atomic E-state index is 11.7. The summed E-state index contributed by atoms with van der Waals surface area (Å²) < 4.78 is 5.06. The summed E-state index contributed by atoms with van der Waals surface area (Å²) in [5.41, 5.74) is 0.905. The molecule has 0 aliphatic heterocycles. The molecule has 0 saturated carbocycles. The standard InChI is InChI=1S/C12H10N2O4S/c1-8-13-10(7-19-8)6-18-12(15)9-2-4-11(5-3-9)14(16)17/h2-5,7H,6H2,1H3. The first-order valence-corrected chi connectivity index (χ1v) is 6.27. The lowest BCUT2D eigenvalue weighted by Gasteiger charge is -2.02. The third-order valence-corrected chi connectivity index (χ3v) is 3.15. The molecule has 98 valence electrons. The van der Waals surface area contributed by atoms with E-state index in [1.165, 1.54) is 35.6 Å². The number of hydrogen-bond acceptors (Lipinski definition) is 6. The third kappa shape index (κ3) is 3.35. The predicted molar refractivity (Wildman–Crippen MR) is 69.1 cm³/mol. The van der Waals surface area contributed by atoms with E-state index in [2.05, 4.69) is 4.98 Å². The van der Waals surface area contributed by atoms with E-state index < -0.39 is 10.9 Å². The molecule has 6 nitrogen and oxygen atoms in total. The van der Waals surface area contributed by atoms with E-state index in [0.717, 1.165) is 5.01 Å². The number of hydrogen-bond donors (Lipinski definition) is 0. The van der Waals surface area contributed by atoms with Crippen molar-refractivity contribution in [2.24, 2.45) is 0 Å². The summed E-state index contributed by atoms with van der Waals surface area (Å²) in [6.07, 6.45) is 0. The van der Waals surface area contributed by atoms with E-state index >= 15 is 0 Å². The first-order valence-electron chi connectivity index (χ1n) is 5.39. The van der Waals surface area contributed by atoms with Crippen LogP contribution in [-0.2, 0) is 11.3 Å². The lowest BCUT2D eigenvalue weighted by molar-refractivity contribution is -0.384. The summed E-state index contributed by atoms with van der Waals surface area (Å²) in [6.45, 7) is 1.96. The smallest absolute Gasteiger partial charge is 0.338 e. The molecule has 0 radical (unpaired) electrons. The molecule has 0 N–H and O–H groups in total. The SMILES string of the molecule is Cc1nc(COC(=O)c2ccc([N+](=O)[O-])cc2)cs1. The minimum absolute atomic E-state index is 0.0633. The van der Waals surface area contributed by atoms with Crippen LogP contribution in [0, 0.1) is 17.0 Å². The molecule has 0 aliphatic carbocycles. The van der Waals surface area contributed by atoms with Gasteiger partial charge in [0.25, 0.3) is 5.69 Å². The van der Waals surface area contributed by atoms with Crippen molar-refractivity contribution >= 4 is 23.0 Å². The first-order chi connectivity index (χ1) is 9.06. The van der Waals surface area contributed by atoms with Gasteiger partial charge in [0, 0.05) is 17.5 Å². The maximum Gasteiger partial charge on any atom is 0.338 e. The zero-order valence-corrected chi connectivity index (χ0v) is 10.8. The highest BCUT2D eigenvalue weighted by molar-refractivity contribution is 7.09. The number of aryl methyl sites for hydroxylation is 1. The fourth-order valence-electron chi connectivity index (χ4n) is 1.42. The highest BCUT2D eigenvalue weighted by atomic mass is 32.1. The Hall–Kier alpha value is -2.28. The van der Waals surface area contributed by atoms with Gasteiger partial charge in [-0.25, -0.2) is 9.78 Å². The number of rotatable bonds is 4. The van der Waals surface area contributed by atoms with Crippen LogP contribution in [0.1, 0.15) is 21.1 Å². The molecule has 2 aromatic rings. The van der Waals surface area contributed by atoms with Gasteiger partial charge in [0.2, 0.25) is 0 Å². The molecule has 0 fully saturated rings. The lowest BCUT2D eigenvalue weighted by atomic mass is 10.2. The average molecular weight is 278 g/mol. The number of carbonyl (C=O) groups excluding carboxylic acids is 1. The van der Waals surface area contributed by atoms with Gasteiger partial charge in [0.05, 0.1) is 21.2 Å². The zero-order valence-electron chi connectivity index (χ0n) is 10.0. The maximum atomic E-state index is 11.7. The Labute approximate surface area is 112 Å². The second kappa shape index (κ2) is 5.57. The van der Waals surface area contributed by atoms with Crippen molar-refractivity contribution in [2.75, 3.05) is 0 Å². The highest BCUT2D eigenvalue weighted by Gasteiger charge is 2.11. The number of aromatic nitrogens is 1. The van der Waals surface area contributed by atoms with Crippen LogP contribution < -0.4 is 0 Å². The Kier molecular flexibility index (Phi) is 3.86. The molecule has 0 atom stereocenters. The summed E-state index contributed by atoms with van der Waals surface area (Å²) in [5, 5.41) is 13.2. The third-order valence-electron chi connectivity index (χ3n) is 2.33. The van der Waals surface area contributed by atoms with Crippen LogP contribution >= 0.6 is 11.3 Å². The number of ether oxygens (including phenoxy) is 1. The zero-order chi connectivity index (χ0) is 13.8. The van der Waals surface area contributed by atoms with Gasteiger partial charge < -0.3 is 4.74 Å². The van der Waals surface area contributed by atoms with E-state index in [1.807, 2.05) is 12.3 Å². The molecular weight excluding hydrogens is 268 g/mol. The summed E-state index contributed by atoms with van der Waals surface area (Å²) >= 11 is 1.48. The van der Waals surface area contributed by atoms with Crippen LogP contribution in [0.15, 0.2) is 29.6 Å². The van der Waals surface area contributed by atoms with Crippen molar-refractivity contribution < 1.29 is 14.5 Å². The molecule has 0 unspecified atom stereocenters. The Morgan fingerprint density at radius 1 is 1.42 bits per heavy atom. The number of nitro groups is 1. The van der Waals surface area contributed by atoms with Crippen LogP contribution in [0.4, 0.5) is 5.69 Å². The summed E-state index contributed by atoms with van der Waals surface area (Å²) in [4.78, 5) is 25.8. The van der Waals surface area contributed by atoms with Crippen LogP contribution in [-0.4, -0.2) is 15.9 Å². The molecule has 0 saturated heterocycles. The topological polar surface area (TPSA) is 82.3 Å². The van der Waals surface area contributed by atoms with Gasteiger partial charge in [-0.15, -0.1) is 11.3 Å². The summed E-state index contributed by atoms with van der Waals surface area (Å²) in [6, 6.07) is 5.27. The molecule has 0 amide bonds. The molecule has 1 aromatic carbocycles. The van der Waals surface area contributed by atoms with Crippen molar-refractivity contribution in [3.8, 4) is 0 Å². The Morgan fingerprint density at radius 3 is 2.63 bits per heavy atom. The van der Waals surface area contributed by atoms with Crippen LogP contribution in [0.3, 0.4) is 0 Å². The van der Waals surface area contributed by atoms with Gasteiger partial charge in [-0.1, -0.05) is 0 Å². The van der Waals surface area contributed by atoms with E-state index in [1.54, 1.807) is 0 Å². The molecule has 1 heterocycles. The van der Waals surface area contributed by atoms with Gasteiger partial charge >= 0.3 is 5.97 Å². The molecule has 0 bridgehead atoms. The highest BCUT2D eigenvalue weighted by Crippen LogP contribution is 2.14. The lowest BCUT2D eigenvalue weighted by Crippen LogP contribution is -2.05. The van der Waals surface area contributed by atoms with E-state index in [-0.39, 0.29) is 17.9 Å². The fraction of sp³-hybridized carbons (Fsp3) is 0.167. The van der Waals surface area contributed by atoms with E-state index in [4.69, 9.17) is 4.74 Å². The van der Waals surface area contributed by atoms with Gasteiger partial charge in [0.15, 0.2) is 0 Å². The number of nitrogens with zero attached hydrogens (tertiary/aromatic N) is 2. The van der Waals surface area contributed by atoms with Gasteiger partial charge in [0.1, 0.15) is 6.61 Å². The van der Waals surface area contributed by atoms with Crippen LogP contribution in [0.25, 0.3) is 0 Å². The monoisotopic (exact) mass is 278 g/mol. The second-order valence-electron chi connectivity index (χ2n) is 3.74. The number of esters is 1. The second-order valence-corrected chi connectivity index (χ2v) is 4.80. The Balaban J connectivity index is 1.98. The van der Waals surface area contributed by atoms with Crippen molar-refractivity contribution in [1.29, 1.82) is 0 Å². The minimum Gasteiger partial charge on any atom is -0.456 e. The van der Waals surface area contributed by atoms with Crippen molar-refractivity contribution in [2.45, 2.75) is 13.5 Å². The predicted octanol–water partition coefficient (Wildman–Crippen LogP) is 2.72. The molecule has 7 heteroatoms. The molecule has 0 spiro atoms. The van der Waals surface area contributed by atoms with Crippen molar-refractivity contribution in [3.05, 3.63) is 56.0 Å². The minimum atomic E-state index is -0.527. The number of thiazole rings is 1.